The van der Waals surface area contributed by atoms with Gasteiger partial charge in [-0.1, -0.05) is 23.7 Å². The van der Waals surface area contributed by atoms with Crippen LogP contribution in [0.2, 0.25) is 5.02 Å². The normalized spacial score (nSPS) is 10.8. The summed E-state index contributed by atoms with van der Waals surface area (Å²) in [5.41, 5.74) is 2.20. The summed E-state index contributed by atoms with van der Waals surface area (Å²) in [6.07, 6.45) is 1.79. The topological polar surface area (TPSA) is 88.3 Å². The fraction of sp³-hybridized carbons (Fsp3) is 0.150. The van der Waals surface area contributed by atoms with Gasteiger partial charge in [-0.3, -0.25) is 9.78 Å². The second-order valence-electron chi connectivity index (χ2n) is 6.49. The van der Waals surface area contributed by atoms with Crippen molar-refractivity contribution in [3.8, 4) is 0 Å². The molecule has 0 aliphatic carbocycles. The molecule has 8 nitrogen and oxygen atoms in total. The predicted octanol–water partition coefficient (Wildman–Crippen LogP) is 3.12. The number of hydrogen-bond donors (Lipinski definition) is 1. The molecule has 146 valence electrons. The number of rotatable bonds is 6. The quantitative estimate of drug-likeness (QED) is 0.528. The van der Waals surface area contributed by atoms with Gasteiger partial charge in [0.25, 0.3) is 0 Å². The molecule has 0 saturated heterocycles. The Hall–Kier alpha value is -3.52. The Kier molecular flexibility index (Phi) is 5.35. The van der Waals surface area contributed by atoms with E-state index in [2.05, 4.69) is 25.6 Å². The molecule has 0 radical (unpaired) electrons. The van der Waals surface area contributed by atoms with Crippen LogP contribution < -0.4 is 5.32 Å². The van der Waals surface area contributed by atoms with E-state index in [0.29, 0.717) is 28.9 Å². The molecule has 0 atom stereocenters. The van der Waals surface area contributed by atoms with Crippen LogP contribution in [0.5, 0.6) is 0 Å². The summed E-state index contributed by atoms with van der Waals surface area (Å²) in [4.78, 5) is 18.5. The van der Waals surface area contributed by atoms with Gasteiger partial charge < -0.3 is 10.2 Å². The Morgan fingerprint density at radius 2 is 2.03 bits per heavy atom. The maximum atomic E-state index is 12.6. The first-order valence-electron chi connectivity index (χ1n) is 8.96. The van der Waals surface area contributed by atoms with Gasteiger partial charge in [-0.2, -0.15) is 4.52 Å². The lowest BCUT2D eigenvalue weighted by Gasteiger charge is -2.16. The van der Waals surface area contributed by atoms with Crippen molar-refractivity contribution in [2.24, 2.45) is 0 Å². The molecule has 4 rings (SSSR count). The van der Waals surface area contributed by atoms with Gasteiger partial charge in [0.2, 0.25) is 5.91 Å². The van der Waals surface area contributed by atoms with Crippen molar-refractivity contribution in [2.45, 2.75) is 13.0 Å². The first-order valence-corrected chi connectivity index (χ1v) is 9.34. The molecule has 1 amide bonds. The van der Waals surface area contributed by atoms with E-state index >= 15 is 0 Å². The molecule has 0 bridgehead atoms. The SMILES string of the molecule is CN(Cc1ccccn1)C(=O)Cc1nnc2ccc(Nc3cccc(Cl)c3)nn12. The molecule has 1 N–H and O–H groups in total. The zero-order chi connectivity index (χ0) is 20.2. The molecule has 3 heterocycles. The van der Waals surface area contributed by atoms with Crippen LogP contribution in [0.25, 0.3) is 5.65 Å². The van der Waals surface area contributed by atoms with Crippen LogP contribution in [0.3, 0.4) is 0 Å². The van der Waals surface area contributed by atoms with Gasteiger partial charge in [0.1, 0.15) is 0 Å². The zero-order valence-electron chi connectivity index (χ0n) is 15.7. The Morgan fingerprint density at radius 3 is 2.83 bits per heavy atom. The minimum absolute atomic E-state index is 0.0815. The third-order valence-electron chi connectivity index (χ3n) is 4.28. The third kappa shape index (κ3) is 4.49. The summed E-state index contributed by atoms with van der Waals surface area (Å²) in [6, 6.07) is 16.5. The van der Waals surface area contributed by atoms with Crippen LogP contribution >= 0.6 is 11.6 Å². The van der Waals surface area contributed by atoms with Crippen molar-refractivity contribution in [3.05, 3.63) is 77.3 Å². The maximum absolute atomic E-state index is 12.6. The minimum Gasteiger partial charge on any atom is -0.339 e. The molecule has 0 fully saturated rings. The van der Waals surface area contributed by atoms with Crippen molar-refractivity contribution >= 4 is 34.7 Å². The number of amides is 1. The van der Waals surface area contributed by atoms with Crippen molar-refractivity contribution in [1.82, 2.24) is 29.7 Å². The van der Waals surface area contributed by atoms with Crippen molar-refractivity contribution in [2.75, 3.05) is 12.4 Å². The number of likely N-dealkylation sites (N-methyl/N-ethyl adjacent to an activating group) is 1. The van der Waals surface area contributed by atoms with Gasteiger partial charge >= 0.3 is 0 Å². The van der Waals surface area contributed by atoms with E-state index < -0.39 is 0 Å². The van der Waals surface area contributed by atoms with Crippen LogP contribution in [0.15, 0.2) is 60.8 Å². The average Bonchev–Trinajstić information content (AvgIpc) is 3.11. The lowest BCUT2D eigenvalue weighted by Crippen LogP contribution is -2.28. The largest absolute Gasteiger partial charge is 0.339 e. The molecule has 4 aromatic rings. The van der Waals surface area contributed by atoms with Crippen molar-refractivity contribution in [3.63, 3.8) is 0 Å². The average molecular weight is 408 g/mol. The van der Waals surface area contributed by atoms with E-state index in [0.717, 1.165) is 11.4 Å². The number of aromatic nitrogens is 5. The lowest BCUT2D eigenvalue weighted by molar-refractivity contribution is -0.129. The van der Waals surface area contributed by atoms with Crippen LogP contribution in [-0.2, 0) is 17.8 Å². The maximum Gasteiger partial charge on any atom is 0.230 e. The first kappa shape index (κ1) is 18.8. The minimum atomic E-state index is -0.0973. The van der Waals surface area contributed by atoms with E-state index in [9.17, 15) is 4.79 Å². The number of nitrogens with one attached hydrogen (secondary N) is 1. The summed E-state index contributed by atoms with van der Waals surface area (Å²) in [7, 11) is 1.74. The van der Waals surface area contributed by atoms with E-state index in [1.165, 1.54) is 0 Å². The van der Waals surface area contributed by atoms with Crippen LogP contribution in [0.1, 0.15) is 11.5 Å². The van der Waals surface area contributed by atoms with Crippen LogP contribution in [-0.4, -0.2) is 42.7 Å². The second kappa shape index (κ2) is 8.24. The summed E-state index contributed by atoms with van der Waals surface area (Å²) >= 11 is 6.03. The first-order chi connectivity index (χ1) is 14.1. The summed E-state index contributed by atoms with van der Waals surface area (Å²) in [5, 5.41) is 16.5. The molecule has 0 aliphatic heterocycles. The van der Waals surface area contributed by atoms with Crippen molar-refractivity contribution in [1.29, 1.82) is 0 Å². The molecule has 0 spiro atoms. The molecule has 3 aromatic heterocycles. The second-order valence-corrected chi connectivity index (χ2v) is 6.92. The molecule has 0 unspecified atom stereocenters. The highest BCUT2D eigenvalue weighted by molar-refractivity contribution is 6.30. The van der Waals surface area contributed by atoms with E-state index in [1.807, 2.05) is 30.3 Å². The molecule has 9 heteroatoms. The van der Waals surface area contributed by atoms with Gasteiger partial charge in [0.15, 0.2) is 17.3 Å². The smallest absolute Gasteiger partial charge is 0.230 e. The number of pyridine rings is 1. The standard InChI is InChI=1S/C20H18ClN7O/c1-27(13-16-6-2-3-10-22-16)20(29)12-19-25-24-18-9-8-17(26-28(18)19)23-15-7-4-5-14(21)11-15/h2-11H,12-13H2,1H3,(H,23,26). The van der Waals surface area contributed by atoms with Gasteiger partial charge in [-0.05, 0) is 42.5 Å². The number of carbonyl (C=O) groups is 1. The highest BCUT2D eigenvalue weighted by Gasteiger charge is 2.16. The molecule has 29 heavy (non-hydrogen) atoms. The van der Waals surface area contributed by atoms with Gasteiger partial charge in [-0.25, -0.2) is 0 Å². The lowest BCUT2D eigenvalue weighted by atomic mass is 10.3. The number of hydrogen-bond acceptors (Lipinski definition) is 6. The predicted molar refractivity (Wildman–Crippen MR) is 110 cm³/mol. The van der Waals surface area contributed by atoms with Crippen LogP contribution in [0, 0.1) is 0 Å². The number of benzene rings is 1. The molecule has 0 aliphatic rings. The Morgan fingerprint density at radius 1 is 1.14 bits per heavy atom. The van der Waals surface area contributed by atoms with Gasteiger partial charge in [0, 0.05) is 24.0 Å². The zero-order valence-corrected chi connectivity index (χ0v) is 16.4. The van der Waals surface area contributed by atoms with E-state index in [4.69, 9.17) is 11.6 Å². The van der Waals surface area contributed by atoms with Gasteiger partial charge in [0.05, 0.1) is 18.7 Å². The number of halogens is 1. The molecule has 1 aromatic carbocycles. The third-order valence-corrected chi connectivity index (χ3v) is 4.52. The van der Waals surface area contributed by atoms with E-state index in [-0.39, 0.29) is 12.3 Å². The summed E-state index contributed by atoms with van der Waals surface area (Å²) in [5.74, 6) is 0.961. The van der Waals surface area contributed by atoms with Crippen LogP contribution in [0.4, 0.5) is 11.5 Å². The number of nitrogens with zero attached hydrogens (tertiary/aromatic N) is 6. The van der Waals surface area contributed by atoms with E-state index in [1.54, 1.807) is 46.9 Å². The Bertz CT molecular complexity index is 1150. The molecule has 0 saturated carbocycles. The summed E-state index contributed by atoms with van der Waals surface area (Å²) in [6.45, 7) is 0.422. The van der Waals surface area contributed by atoms with Gasteiger partial charge in [-0.15, -0.1) is 15.3 Å². The fourth-order valence-electron chi connectivity index (χ4n) is 2.82. The highest BCUT2D eigenvalue weighted by Crippen LogP contribution is 2.19. The Balaban J connectivity index is 1.50. The van der Waals surface area contributed by atoms with Crippen molar-refractivity contribution < 1.29 is 4.79 Å². The fourth-order valence-corrected chi connectivity index (χ4v) is 3.01. The monoisotopic (exact) mass is 407 g/mol. The Labute approximate surface area is 172 Å². The molecular formula is C20H18ClN7O. The molecular weight excluding hydrogens is 390 g/mol. The number of fused-ring (bicyclic) bond motifs is 1. The summed E-state index contributed by atoms with van der Waals surface area (Å²) < 4.78 is 1.57. The highest BCUT2D eigenvalue weighted by atomic mass is 35.5. The number of carbonyl (C=O) groups excluding carboxylic acids is 1. The number of anilines is 2.